The number of alkyl halides is 3. The summed E-state index contributed by atoms with van der Waals surface area (Å²) in [5, 5.41) is 0.402. The third-order valence-electron chi connectivity index (χ3n) is 1.89. The highest BCUT2D eigenvalue weighted by Crippen LogP contribution is 2.25. The minimum absolute atomic E-state index is 0.193. The van der Waals surface area contributed by atoms with Gasteiger partial charge in [-0.1, -0.05) is 17.7 Å². The van der Waals surface area contributed by atoms with E-state index in [1.54, 1.807) is 12.1 Å². The lowest BCUT2D eigenvalue weighted by Gasteiger charge is -2.11. The van der Waals surface area contributed by atoms with Gasteiger partial charge >= 0.3 is 6.18 Å². The Bertz CT molecular complexity index is 354. The highest BCUT2D eigenvalue weighted by molar-refractivity contribution is 6.30. The summed E-state index contributed by atoms with van der Waals surface area (Å²) in [5.74, 6) is 0.305. The van der Waals surface area contributed by atoms with E-state index in [2.05, 4.69) is 0 Å². The highest BCUT2D eigenvalue weighted by Gasteiger charge is 2.26. The largest absolute Gasteiger partial charge is 0.493 e. The second-order valence-electron chi connectivity index (χ2n) is 3.17. The first-order valence-corrected chi connectivity index (χ1v) is 4.98. The molecule has 0 amide bonds. The summed E-state index contributed by atoms with van der Waals surface area (Å²) >= 11 is 5.70. The Kier molecular flexibility index (Phi) is 4.44. The minimum Gasteiger partial charge on any atom is -0.493 e. The molecule has 0 aliphatic carbocycles. The van der Waals surface area contributed by atoms with Gasteiger partial charge in [0.25, 0.3) is 0 Å². The van der Waals surface area contributed by atoms with Crippen molar-refractivity contribution in [3.05, 3.63) is 28.8 Å². The summed E-state index contributed by atoms with van der Waals surface area (Å²) in [6, 6.07) is 4.70. The molecule has 1 aromatic carbocycles. The lowest BCUT2D eigenvalue weighted by molar-refractivity contribution is -0.139. The fourth-order valence-electron chi connectivity index (χ4n) is 1.11. The number of halogens is 4. The fraction of sp³-hybridized carbons (Fsp3) is 0.400. The van der Waals surface area contributed by atoms with Gasteiger partial charge in [0.05, 0.1) is 13.0 Å². The van der Waals surface area contributed by atoms with E-state index in [1.807, 2.05) is 0 Å². The second-order valence-corrected chi connectivity index (χ2v) is 3.61. The Morgan fingerprint density at radius 1 is 1.31 bits per heavy atom. The summed E-state index contributed by atoms with van der Waals surface area (Å²) in [6.45, 7) is -0.241. The Labute approximate surface area is 96.1 Å². The summed E-state index contributed by atoms with van der Waals surface area (Å²) in [7, 11) is 0. The molecule has 2 N–H and O–H groups in total. The molecule has 2 nitrogen and oxygen atoms in total. The number of hydrogen-bond acceptors (Lipinski definition) is 2. The predicted octanol–water partition coefficient (Wildman–Crippen LogP) is 3.13. The fourth-order valence-corrected chi connectivity index (χ4v) is 1.27. The van der Waals surface area contributed by atoms with E-state index in [9.17, 15) is 13.2 Å². The maximum absolute atomic E-state index is 11.9. The molecule has 0 heterocycles. The first kappa shape index (κ1) is 13.1. The predicted molar refractivity (Wildman–Crippen MR) is 55.5 cm³/mol. The first-order valence-electron chi connectivity index (χ1n) is 4.60. The van der Waals surface area contributed by atoms with Crippen molar-refractivity contribution in [2.45, 2.75) is 19.1 Å². The Hall–Kier alpha value is -0.940. The van der Waals surface area contributed by atoms with Crippen molar-refractivity contribution in [1.82, 2.24) is 0 Å². The molecule has 0 aliphatic rings. The molecule has 0 saturated heterocycles. The van der Waals surface area contributed by atoms with Gasteiger partial charge in [-0.3, -0.25) is 0 Å². The van der Waals surface area contributed by atoms with Gasteiger partial charge in [0.15, 0.2) is 0 Å². The molecule has 0 unspecified atom stereocenters. The topological polar surface area (TPSA) is 35.2 Å². The maximum atomic E-state index is 11.9. The van der Waals surface area contributed by atoms with Crippen LogP contribution in [0, 0.1) is 0 Å². The molecule has 0 saturated carbocycles. The molecule has 0 atom stereocenters. The van der Waals surface area contributed by atoms with E-state index in [-0.39, 0.29) is 6.54 Å². The van der Waals surface area contributed by atoms with Crippen LogP contribution in [-0.4, -0.2) is 12.8 Å². The zero-order valence-electron chi connectivity index (χ0n) is 8.35. The van der Waals surface area contributed by atoms with E-state index < -0.39 is 19.2 Å². The quantitative estimate of drug-likeness (QED) is 0.895. The van der Waals surface area contributed by atoms with Gasteiger partial charge in [0.1, 0.15) is 5.75 Å². The van der Waals surface area contributed by atoms with Crippen LogP contribution in [0.1, 0.15) is 12.0 Å². The summed E-state index contributed by atoms with van der Waals surface area (Å²) in [6.07, 6.45) is -5.22. The number of benzene rings is 1. The zero-order chi connectivity index (χ0) is 12.2. The molecule has 0 bridgehead atoms. The average molecular weight is 254 g/mol. The van der Waals surface area contributed by atoms with E-state index >= 15 is 0 Å². The Morgan fingerprint density at radius 2 is 2.00 bits per heavy atom. The van der Waals surface area contributed by atoms with E-state index in [4.69, 9.17) is 22.1 Å². The van der Waals surface area contributed by atoms with Crippen LogP contribution in [0.2, 0.25) is 5.02 Å². The molecule has 0 spiro atoms. The van der Waals surface area contributed by atoms with Gasteiger partial charge in [0, 0.05) is 17.1 Å². The second kappa shape index (κ2) is 5.41. The van der Waals surface area contributed by atoms with Crippen LogP contribution in [-0.2, 0) is 6.54 Å². The smallest absolute Gasteiger partial charge is 0.392 e. The molecule has 16 heavy (non-hydrogen) atoms. The summed E-state index contributed by atoms with van der Waals surface area (Å²) < 4.78 is 40.7. The van der Waals surface area contributed by atoms with Gasteiger partial charge in [0.2, 0.25) is 0 Å². The third-order valence-corrected chi connectivity index (χ3v) is 2.13. The molecule has 0 aliphatic heterocycles. The van der Waals surface area contributed by atoms with Crippen LogP contribution in [0.25, 0.3) is 0 Å². The summed E-state index contributed by atoms with van der Waals surface area (Å²) in [4.78, 5) is 0. The molecule has 0 radical (unpaired) electrons. The monoisotopic (exact) mass is 253 g/mol. The molecular weight excluding hydrogens is 243 g/mol. The molecule has 6 heteroatoms. The number of nitrogens with two attached hydrogens (primary N) is 1. The normalized spacial score (nSPS) is 11.6. The van der Waals surface area contributed by atoms with Gasteiger partial charge in [-0.05, 0) is 12.1 Å². The summed E-state index contributed by atoms with van der Waals surface area (Å²) in [5.41, 5.74) is 6.04. The van der Waals surface area contributed by atoms with Crippen molar-refractivity contribution in [1.29, 1.82) is 0 Å². The van der Waals surface area contributed by atoms with E-state index in [0.717, 1.165) is 0 Å². The van der Waals surface area contributed by atoms with Gasteiger partial charge in [-0.15, -0.1) is 0 Å². The molecule has 1 aromatic rings. The van der Waals surface area contributed by atoms with Crippen molar-refractivity contribution in [3.8, 4) is 5.75 Å². The van der Waals surface area contributed by atoms with Crippen LogP contribution in [0.5, 0.6) is 5.75 Å². The van der Waals surface area contributed by atoms with Gasteiger partial charge in [-0.25, -0.2) is 0 Å². The Morgan fingerprint density at radius 3 is 2.56 bits per heavy atom. The van der Waals surface area contributed by atoms with E-state index in [1.165, 1.54) is 6.07 Å². The standard InChI is InChI=1S/C10H11ClF3NO/c11-8-2-1-7(6-15)9(5-8)16-4-3-10(12,13)14/h1-2,5H,3-4,6,15H2. The minimum atomic E-state index is -4.22. The van der Waals surface area contributed by atoms with Crippen molar-refractivity contribution in [2.75, 3.05) is 6.61 Å². The highest BCUT2D eigenvalue weighted by atomic mass is 35.5. The molecular formula is C10H11ClF3NO. The molecule has 0 fully saturated rings. The molecule has 90 valence electrons. The van der Waals surface area contributed by atoms with Crippen molar-refractivity contribution >= 4 is 11.6 Å². The maximum Gasteiger partial charge on any atom is 0.392 e. The lowest BCUT2D eigenvalue weighted by atomic mass is 10.2. The van der Waals surface area contributed by atoms with Crippen molar-refractivity contribution < 1.29 is 17.9 Å². The SMILES string of the molecule is NCc1ccc(Cl)cc1OCCC(F)(F)F. The molecule has 0 aromatic heterocycles. The van der Waals surface area contributed by atoms with Gasteiger partial charge in [-0.2, -0.15) is 13.2 Å². The lowest BCUT2D eigenvalue weighted by Crippen LogP contribution is -2.13. The third kappa shape index (κ3) is 4.28. The number of rotatable bonds is 4. The van der Waals surface area contributed by atoms with Crippen LogP contribution >= 0.6 is 11.6 Å². The van der Waals surface area contributed by atoms with Crippen LogP contribution in [0.15, 0.2) is 18.2 Å². The van der Waals surface area contributed by atoms with E-state index in [0.29, 0.717) is 16.3 Å². The Balaban J connectivity index is 2.62. The van der Waals surface area contributed by atoms with Crippen molar-refractivity contribution in [3.63, 3.8) is 0 Å². The van der Waals surface area contributed by atoms with Crippen LogP contribution in [0.3, 0.4) is 0 Å². The zero-order valence-corrected chi connectivity index (χ0v) is 9.11. The number of hydrogen-bond donors (Lipinski definition) is 1. The number of ether oxygens (including phenoxy) is 1. The average Bonchev–Trinajstić information content (AvgIpc) is 2.16. The molecule has 1 rings (SSSR count). The van der Waals surface area contributed by atoms with Crippen LogP contribution in [0.4, 0.5) is 13.2 Å². The van der Waals surface area contributed by atoms with Gasteiger partial charge < -0.3 is 10.5 Å². The van der Waals surface area contributed by atoms with Crippen molar-refractivity contribution in [2.24, 2.45) is 5.73 Å². The van der Waals surface area contributed by atoms with Crippen LogP contribution < -0.4 is 10.5 Å². The first-order chi connectivity index (χ1) is 7.42.